The smallest absolute Gasteiger partial charge is 0.216 e. The lowest BCUT2D eigenvalue weighted by Gasteiger charge is -2.19. The average molecular weight is 346 g/mol. The van der Waals surface area contributed by atoms with Crippen molar-refractivity contribution >= 4 is 18.4 Å². The van der Waals surface area contributed by atoms with Gasteiger partial charge in [-0.2, -0.15) is 14.9 Å². The van der Waals surface area contributed by atoms with Crippen LogP contribution in [0.5, 0.6) is 11.5 Å². The maximum absolute atomic E-state index is 9.77. The van der Waals surface area contributed by atoms with E-state index in [1.165, 1.54) is 19.3 Å². The highest BCUT2D eigenvalue weighted by Crippen LogP contribution is 2.31. The van der Waals surface area contributed by atoms with E-state index in [-0.39, 0.29) is 5.75 Å². The van der Waals surface area contributed by atoms with Gasteiger partial charge in [0.25, 0.3) is 0 Å². The second-order valence-electron chi connectivity index (χ2n) is 5.94. The number of aromatic nitrogens is 3. The van der Waals surface area contributed by atoms with Gasteiger partial charge in [-0.1, -0.05) is 19.3 Å². The van der Waals surface area contributed by atoms with E-state index in [1.807, 2.05) is 6.92 Å². The van der Waals surface area contributed by atoms with Crippen molar-refractivity contribution in [3.8, 4) is 11.5 Å². The summed E-state index contributed by atoms with van der Waals surface area (Å²) in [6.07, 6.45) is 7.71. The molecule has 0 aliphatic heterocycles. The van der Waals surface area contributed by atoms with Gasteiger partial charge in [-0.05, 0) is 55.7 Å². The van der Waals surface area contributed by atoms with Gasteiger partial charge in [0.05, 0.1) is 12.8 Å². The minimum atomic E-state index is 0.122. The van der Waals surface area contributed by atoms with Crippen molar-refractivity contribution in [2.45, 2.75) is 44.9 Å². The molecule has 7 heteroatoms. The molecule has 3 rings (SSSR count). The summed E-state index contributed by atoms with van der Waals surface area (Å²) in [5.74, 6) is 1.88. The zero-order valence-electron chi connectivity index (χ0n) is 13.7. The van der Waals surface area contributed by atoms with Crippen LogP contribution in [-0.2, 0) is 0 Å². The van der Waals surface area contributed by atoms with Crippen molar-refractivity contribution in [2.24, 2.45) is 5.10 Å². The van der Waals surface area contributed by atoms with Gasteiger partial charge in [0.1, 0.15) is 0 Å². The number of phenolic OH excluding ortho intramolecular Hbond substituents is 1. The number of hydrogen-bond donors (Lipinski definition) is 2. The average Bonchev–Trinajstić information content (AvgIpc) is 2.97. The molecule has 0 amide bonds. The van der Waals surface area contributed by atoms with E-state index < -0.39 is 0 Å². The highest BCUT2D eigenvalue weighted by Gasteiger charge is 2.21. The second-order valence-corrected chi connectivity index (χ2v) is 6.33. The molecule has 6 nitrogen and oxygen atoms in total. The van der Waals surface area contributed by atoms with Gasteiger partial charge in [0.2, 0.25) is 4.77 Å². The summed E-state index contributed by atoms with van der Waals surface area (Å²) in [4.78, 5) is 0. The summed E-state index contributed by atoms with van der Waals surface area (Å²) in [5, 5.41) is 21.5. The molecule has 0 unspecified atom stereocenters. The molecule has 1 aliphatic carbocycles. The molecule has 1 heterocycles. The molecular weight excluding hydrogens is 324 g/mol. The quantitative estimate of drug-likeness (QED) is 0.634. The monoisotopic (exact) mass is 346 g/mol. The van der Waals surface area contributed by atoms with Crippen molar-refractivity contribution < 1.29 is 9.84 Å². The Morgan fingerprint density at radius 3 is 2.96 bits per heavy atom. The molecule has 1 aromatic carbocycles. The first-order valence-electron chi connectivity index (χ1n) is 8.36. The summed E-state index contributed by atoms with van der Waals surface area (Å²) in [6.45, 7) is 2.37. The molecule has 0 spiro atoms. The Morgan fingerprint density at radius 2 is 2.21 bits per heavy atom. The van der Waals surface area contributed by atoms with Crippen LogP contribution in [0.25, 0.3) is 0 Å². The zero-order chi connectivity index (χ0) is 16.9. The third kappa shape index (κ3) is 3.67. The fraction of sp³-hybridized carbons (Fsp3) is 0.471. The van der Waals surface area contributed by atoms with Crippen molar-refractivity contribution in [2.75, 3.05) is 6.61 Å². The van der Waals surface area contributed by atoms with Gasteiger partial charge < -0.3 is 9.84 Å². The minimum Gasteiger partial charge on any atom is -0.504 e. The van der Waals surface area contributed by atoms with Gasteiger partial charge in [-0.3, -0.25) is 5.10 Å². The third-order valence-electron chi connectivity index (χ3n) is 4.25. The molecular formula is C17H22N4O2S. The van der Waals surface area contributed by atoms with E-state index in [2.05, 4.69) is 15.3 Å². The van der Waals surface area contributed by atoms with Gasteiger partial charge in [-0.15, -0.1) is 0 Å². The lowest BCUT2D eigenvalue weighted by atomic mass is 9.89. The van der Waals surface area contributed by atoms with E-state index in [0.29, 0.717) is 23.0 Å². The van der Waals surface area contributed by atoms with Gasteiger partial charge in [0.15, 0.2) is 17.3 Å². The maximum atomic E-state index is 9.77. The third-order valence-corrected chi connectivity index (χ3v) is 4.52. The number of hydrogen-bond acceptors (Lipinski definition) is 5. The first-order chi connectivity index (χ1) is 11.7. The molecule has 0 atom stereocenters. The summed E-state index contributed by atoms with van der Waals surface area (Å²) in [5.41, 5.74) is 0.828. The fourth-order valence-electron chi connectivity index (χ4n) is 3.05. The zero-order valence-corrected chi connectivity index (χ0v) is 14.6. The van der Waals surface area contributed by atoms with Gasteiger partial charge >= 0.3 is 0 Å². The Hall–Kier alpha value is -2.15. The number of benzene rings is 1. The Kier molecular flexibility index (Phi) is 5.30. The number of rotatable bonds is 5. The molecule has 0 saturated heterocycles. The Labute approximate surface area is 146 Å². The molecule has 128 valence electrons. The number of aromatic amines is 1. The Balaban J connectivity index is 1.85. The Morgan fingerprint density at radius 1 is 1.42 bits per heavy atom. The molecule has 1 aromatic heterocycles. The maximum Gasteiger partial charge on any atom is 0.216 e. The minimum absolute atomic E-state index is 0.122. The molecule has 0 bridgehead atoms. The van der Waals surface area contributed by atoms with E-state index in [0.717, 1.165) is 24.2 Å². The Bertz CT molecular complexity index is 775. The number of aromatic hydroxyl groups is 1. The van der Waals surface area contributed by atoms with Crippen LogP contribution < -0.4 is 4.74 Å². The molecule has 1 saturated carbocycles. The van der Waals surface area contributed by atoms with Gasteiger partial charge in [-0.25, -0.2) is 0 Å². The summed E-state index contributed by atoms with van der Waals surface area (Å²) in [6, 6.07) is 5.14. The van der Waals surface area contributed by atoms with Crippen LogP contribution in [0.3, 0.4) is 0 Å². The lowest BCUT2D eigenvalue weighted by Crippen LogP contribution is -2.10. The number of nitrogens with zero attached hydrogens (tertiary/aromatic N) is 3. The van der Waals surface area contributed by atoms with Crippen LogP contribution in [0, 0.1) is 4.77 Å². The number of ether oxygens (including phenoxy) is 1. The summed E-state index contributed by atoms with van der Waals surface area (Å²) >= 11 is 5.31. The molecule has 0 radical (unpaired) electrons. The molecule has 1 aliphatic rings. The van der Waals surface area contributed by atoms with E-state index in [4.69, 9.17) is 17.0 Å². The van der Waals surface area contributed by atoms with Crippen molar-refractivity contribution in [3.05, 3.63) is 34.4 Å². The standard InChI is InChI=1S/C17H22N4O2S/c1-2-23-15-10-12(8-9-14(15)22)11-18-21-16(19-20-17(21)24)13-6-4-3-5-7-13/h8-11,13,22H,2-7H2,1H3,(H,20,24)/b18-11-. The number of phenols is 1. The van der Waals surface area contributed by atoms with Crippen molar-refractivity contribution in [3.63, 3.8) is 0 Å². The highest BCUT2D eigenvalue weighted by molar-refractivity contribution is 7.71. The molecule has 2 aromatic rings. The van der Waals surface area contributed by atoms with Crippen LogP contribution in [0.2, 0.25) is 0 Å². The number of nitrogens with one attached hydrogen (secondary N) is 1. The van der Waals surface area contributed by atoms with Gasteiger partial charge in [0, 0.05) is 5.92 Å². The van der Waals surface area contributed by atoms with Crippen molar-refractivity contribution in [1.29, 1.82) is 0 Å². The van der Waals surface area contributed by atoms with Crippen LogP contribution >= 0.6 is 12.2 Å². The summed E-state index contributed by atoms with van der Waals surface area (Å²) in [7, 11) is 0. The topological polar surface area (TPSA) is 75.4 Å². The fourth-order valence-corrected chi connectivity index (χ4v) is 3.23. The molecule has 24 heavy (non-hydrogen) atoms. The lowest BCUT2D eigenvalue weighted by molar-refractivity contribution is 0.318. The van der Waals surface area contributed by atoms with Crippen molar-refractivity contribution in [1.82, 2.24) is 14.9 Å². The SMILES string of the molecule is CCOc1cc(/C=N\n2c(C3CCCCC3)n[nH]c2=S)ccc1O. The van der Waals surface area contributed by atoms with Crippen LogP contribution in [0.1, 0.15) is 56.3 Å². The van der Waals surface area contributed by atoms with Crippen LogP contribution in [0.4, 0.5) is 0 Å². The van der Waals surface area contributed by atoms with E-state index in [1.54, 1.807) is 29.1 Å². The van der Waals surface area contributed by atoms with E-state index in [9.17, 15) is 5.11 Å². The number of H-pyrrole nitrogens is 1. The second kappa shape index (κ2) is 7.61. The largest absolute Gasteiger partial charge is 0.504 e. The van der Waals surface area contributed by atoms with E-state index >= 15 is 0 Å². The summed E-state index contributed by atoms with van der Waals surface area (Å²) < 4.78 is 7.60. The normalized spacial score (nSPS) is 15.9. The highest BCUT2D eigenvalue weighted by atomic mass is 32.1. The first-order valence-corrected chi connectivity index (χ1v) is 8.77. The first kappa shape index (κ1) is 16.7. The molecule has 2 N–H and O–H groups in total. The predicted molar refractivity (Wildman–Crippen MR) is 95.5 cm³/mol. The predicted octanol–water partition coefficient (Wildman–Crippen LogP) is 3.97. The van der Waals surface area contributed by atoms with Crippen LogP contribution in [-0.4, -0.2) is 32.8 Å². The van der Waals surface area contributed by atoms with Crippen LogP contribution in [0.15, 0.2) is 23.3 Å². The molecule has 1 fully saturated rings.